The van der Waals surface area contributed by atoms with Crippen LogP contribution < -0.4 is 15.4 Å². The highest BCUT2D eigenvalue weighted by atomic mass is 32.1. The van der Waals surface area contributed by atoms with Gasteiger partial charge < -0.3 is 20.3 Å². The normalized spacial score (nSPS) is 17.2. The van der Waals surface area contributed by atoms with Gasteiger partial charge in [0.15, 0.2) is 5.69 Å². The molecule has 16 heteroatoms. The third-order valence-corrected chi connectivity index (χ3v) is 10.8. The van der Waals surface area contributed by atoms with E-state index in [1.54, 1.807) is 4.90 Å². The number of carbonyl (C=O) groups excluding carboxylic acids is 4. The maximum absolute atomic E-state index is 14.7. The van der Waals surface area contributed by atoms with Crippen LogP contribution in [0.2, 0.25) is 0 Å². The molecule has 3 rings (SSSR count). The average molecular weight is 774 g/mol. The smallest absolute Gasteiger partial charge is 0.363 e. The average Bonchev–Trinajstić information content (AvgIpc) is 3.63. The van der Waals surface area contributed by atoms with Crippen molar-refractivity contribution in [1.82, 2.24) is 25.4 Å². The number of nitrogens with one attached hydrogen (secondary N) is 2. The van der Waals surface area contributed by atoms with Gasteiger partial charge in [0.05, 0.1) is 12.1 Å². The first kappa shape index (κ1) is 43.7. The molecule has 0 saturated carbocycles. The SMILES string of the molecule is CCCCCCN(C(=O)[C@@H](NC(=O)[C@H]1CCCCN1C)[C@@H](C)CC)[C@H](C[C@@H](NC(C)=O)c1nc(C(=O)Oc2c(F)c(F)c(F)c(F)c2F)cs1)C(C)C. The molecule has 2 N–H and O–H groups in total. The molecule has 1 aromatic heterocycles. The number of aromatic nitrogens is 1. The summed E-state index contributed by atoms with van der Waals surface area (Å²) in [5.74, 6) is -16.1. The monoisotopic (exact) mass is 773 g/mol. The number of piperidine rings is 1. The quantitative estimate of drug-likeness (QED) is 0.0415. The molecule has 53 heavy (non-hydrogen) atoms. The molecule has 3 amide bonds. The number of esters is 1. The Bertz CT molecular complexity index is 1560. The van der Waals surface area contributed by atoms with Crippen molar-refractivity contribution >= 4 is 35.0 Å². The molecule has 1 aromatic carbocycles. The number of halogens is 5. The molecule has 1 aliphatic heterocycles. The van der Waals surface area contributed by atoms with Crippen LogP contribution in [0.25, 0.3) is 0 Å². The van der Waals surface area contributed by atoms with E-state index in [-0.39, 0.29) is 41.1 Å². The summed E-state index contributed by atoms with van der Waals surface area (Å²) >= 11 is 0.906. The highest BCUT2D eigenvalue weighted by molar-refractivity contribution is 7.09. The molecule has 2 heterocycles. The van der Waals surface area contributed by atoms with Crippen LogP contribution in [0, 0.1) is 40.9 Å². The van der Waals surface area contributed by atoms with E-state index in [1.807, 2.05) is 39.6 Å². The molecule has 1 fully saturated rings. The number of hydrogen-bond donors (Lipinski definition) is 2. The first-order valence-electron chi connectivity index (χ1n) is 18.3. The number of hydrogen-bond acceptors (Lipinski definition) is 8. The van der Waals surface area contributed by atoms with E-state index in [4.69, 9.17) is 0 Å². The molecule has 1 saturated heterocycles. The summed E-state index contributed by atoms with van der Waals surface area (Å²) in [6.07, 6.45) is 6.89. The molecular formula is C37H52F5N5O5S. The number of unbranched alkanes of at least 4 members (excludes halogenated alkanes) is 3. The number of carbonyl (C=O) groups is 4. The summed E-state index contributed by atoms with van der Waals surface area (Å²) in [6.45, 7) is 12.3. The van der Waals surface area contributed by atoms with Crippen LogP contribution >= 0.6 is 11.3 Å². The van der Waals surface area contributed by atoms with Crippen molar-refractivity contribution in [3.63, 3.8) is 0 Å². The van der Waals surface area contributed by atoms with Gasteiger partial charge in [-0.1, -0.05) is 66.7 Å². The van der Waals surface area contributed by atoms with E-state index in [9.17, 15) is 41.1 Å². The van der Waals surface area contributed by atoms with E-state index in [1.165, 1.54) is 12.3 Å². The highest BCUT2D eigenvalue weighted by Crippen LogP contribution is 2.32. The summed E-state index contributed by atoms with van der Waals surface area (Å²) in [4.78, 5) is 61.6. The lowest BCUT2D eigenvalue weighted by atomic mass is 9.91. The van der Waals surface area contributed by atoms with Gasteiger partial charge in [-0.3, -0.25) is 19.3 Å². The Kier molecular flexibility index (Phi) is 16.6. The number of likely N-dealkylation sites (tertiary alicyclic amines) is 1. The van der Waals surface area contributed by atoms with E-state index in [0.717, 1.165) is 50.0 Å². The summed E-state index contributed by atoms with van der Waals surface area (Å²) < 4.78 is 74.0. The number of thiazole rings is 1. The molecule has 10 nitrogen and oxygen atoms in total. The number of benzene rings is 1. The van der Waals surface area contributed by atoms with Crippen LogP contribution in [-0.2, 0) is 14.4 Å². The minimum atomic E-state index is -2.40. The number of likely N-dealkylation sites (N-methyl/N-ethyl adjacent to an activating group) is 1. The van der Waals surface area contributed by atoms with Crippen molar-refractivity contribution in [3.8, 4) is 5.75 Å². The zero-order valence-corrected chi connectivity index (χ0v) is 32.3. The van der Waals surface area contributed by atoms with E-state index >= 15 is 0 Å². The summed E-state index contributed by atoms with van der Waals surface area (Å²) in [5, 5.41) is 7.26. The Morgan fingerprint density at radius 3 is 2.17 bits per heavy atom. The Morgan fingerprint density at radius 1 is 0.962 bits per heavy atom. The van der Waals surface area contributed by atoms with Crippen molar-refractivity contribution in [3.05, 3.63) is 45.2 Å². The van der Waals surface area contributed by atoms with E-state index < -0.39 is 70.5 Å². The first-order chi connectivity index (χ1) is 25.0. The number of nitrogens with zero attached hydrogens (tertiary/aromatic N) is 3. The zero-order chi connectivity index (χ0) is 39.6. The second-order valence-electron chi connectivity index (χ2n) is 14.1. The van der Waals surface area contributed by atoms with Gasteiger partial charge in [0.2, 0.25) is 52.6 Å². The van der Waals surface area contributed by atoms with Gasteiger partial charge in [0.25, 0.3) is 0 Å². The van der Waals surface area contributed by atoms with Gasteiger partial charge in [0, 0.05) is 24.9 Å². The van der Waals surface area contributed by atoms with Crippen LogP contribution in [-0.4, -0.2) is 76.7 Å². The topological polar surface area (TPSA) is 121 Å². The van der Waals surface area contributed by atoms with Gasteiger partial charge in [-0.2, -0.15) is 8.78 Å². The number of rotatable bonds is 18. The lowest BCUT2D eigenvalue weighted by Gasteiger charge is -2.40. The molecule has 2 aromatic rings. The highest BCUT2D eigenvalue weighted by Gasteiger charge is 2.38. The first-order valence-corrected chi connectivity index (χ1v) is 19.2. The van der Waals surface area contributed by atoms with Gasteiger partial charge in [0.1, 0.15) is 11.0 Å². The third kappa shape index (κ3) is 11.2. The van der Waals surface area contributed by atoms with Gasteiger partial charge in [-0.05, 0) is 51.1 Å². The molecule has 1 aliphatic rings. The molecule has 0 spiro atoms. The predicted molar refractivity (Wildman–Crippen MR) is 191 cm³/mol. The van der Waals surface area contributed by atoms with Gasteiger partial charge in [-0.15, -0.1) is 11.3 Å². The zero-order valence-electron chi connectivity index (χ0n) is 31.5. The van der Waals surface area contributed by atoms with Crippen molar-refractivity contribution in [2.24, 2.45) is 11.8 Å². The minimum absolute atomic E-state index is 0.142. The van der Waals surface area contributed by atoms with Crippen molar-refractivity contribution in [2.75, 3.05) is 20.1 Å². The molecule has 0 unspecified atom stereocenters. The van der Waals surface area contributed by atoms with Crippen LogP contribution in [0.4, 0.5) is 22.0 Å². The molecule has 296 valence electrons. The van der Waals surface area contributed by atoms with Crippen LogP contribution in [0.1, 0.15) is 121 Å². The Labute approximate surface area is 312 Å². The number of amides is 3. The van der Waals surface area contributed by atoms with E-state index in [2.05, 4.69) is 27.3 Å². The van der Waals surface area contributed by atoms with Crippen molar-refractivity contribution in [2.45, 2.75) is 123 Å². The molecular weight excluding hydrogens is 721 g/mol. The van der Waals surface area contributed by atoms with Crippen molar-refractivity contribution < 1.29 is 45.9 Å². The minimum Gasteiger partial charge on any atom is -0.415 e. The Balaban J connectivity index is 1.96. The second kappa shape index (κ2) is 20.1. The van der Waals surface area contributed by atoms with Crippen LogP contribution in [0.5, 0.6) is 5.75 Å². The van der Waals surface area contributed by atoms with Gasteiger partial charge >= 0.3 is 5.97 Å². The molecule has 0 radical (unpaired) electrons. The molecule has 0 bridgehead atoms. The Hall–Kier alpha value is -3.66. The molecule has 0 aliphatic carbocycles. The standard InChI is InChI=1S/C37H52F5N5O5S/c1-8-10-11-13-17-47(36(50)32(21(5)9-2)45-34(49)25-15-12-14-16-46(25)7)26(20(3)4)18-23(43-22(6)48)35-44-24(19-53-35)37(51)52-33-30(41)28(39)27(38)29(40)31(33)42/h19-21,23,25-26,32H,8-18H2,1-7H3,(H,43,48)(H,45,49)/t21-,23+,25+,26+,32-/m0/s1. The van der Waals surface area contributed by atoms with Crippen LogP contribution in [0.3, 0.4) is 0 Å². The summed E-state index contributed by atoms with van der Waals surface area (Å²) in [5.41, 5.74) is -0.495. The maximum Gasteiger partial charge on any atom is 0.363 e. The third-order valence-electron chi connectivity index (χ3n) is 9.80. The van der Waals surface area contributed by atoms with Crippen LogP contribution in [0.15, 0.2) is 5.38 Å². The lowest BCUT2D eigenvalue weighted by molar-refractivity contribution is -0.142. The van der Waals surface area contributed by atoms with E-state index in [0.29, 0.717) is 25.8 Å². The summed E-state index contributed by atoms with van der Waals surface area (Å²) in [6, 6.07) is -2.50. The fourth-order valence-electron chi connectivity index (χ4n) is 6.49. The fraction of sp³-hybridized carbons (Fsp3) is 0.649. The largest absolute Gasteiger partial charge is 0.415 e. The van der Waals surface area contributed by atoms with Crippen molar-refractivity contribution in [1.29, 1.82) is 0 Å². The maximum atomic E-state index is 14.7. The second-order valence-corrected chi connectivity index (χ2v) is 15.0. The predicted octanol–water partition coefficient (Wildman–Crippen LogP) is 7.07. The molecule has 5 atom stereocenters. The fourth-order valence-corrected chi connectivity index (χ4v) is 7.35. The Morgan fingerprint density at radius 2 is 1.60 bits per heavy atom. The lowest BCUT2D eigenvalue weighted by Crippen LogP contribution is -2.59. The van der Waals surface area contributed by atoms with Gasteiger partial charge in [-0.25, -0.2) is 22.9 Å². The summed E-state index contributed by atoms with van der Waals surface area (Å²) in [7, 11) is 1.91. The number of ether oxygens (including phenoxy) is 1.